The monoisotopic (exact) mass is 330 g/mol. The lowest BCUT2D eigenvalue weighted by Crippen LogP contribution is -2.37. The SMILES string of the molecule is O[C@@H](CNCc1ccccc1N1CCOCC1)c1cccc(F)c1. The van der Waals surface area contributed by atoms with E-state index in [-0.39, 0.29) is 5.82 Å². The van der Waals surface area contributed by atoms with Crippen molar-refractivity contribution in [3.63, 3.8) is 0 Å². The zero-order valence-electron chi connectivity index (χ0n) is 13.6. The van der Waals surface area contributed by atoms with Crippen molar-refractivity contribution in [2.45, 2.75) is 12.6 Å². The predicted octanol–water partition coefficient (Wildman–Crippen LogP) is 2.49. The predicted molar refractivity (Wildman–Crippen MR) is 92.5 cm³/mol. The van der Waals surface area contributed by atoms with Crippen molar-refractivity contribution in [3.8, 4) is 0 Å². The third-order valence-corrected chi connectivity index (χ3v) is 4.23. The molecular weight excluding hydrogens is 307 g/mol. The number of rotatable bonds is 6. The van der Waals surface area contributed by atoms with Gasteiger partial charge in [0.15, 0.2) is 0 Å². The molecule has 0 aliphatic carbocycles. The van der Waals surface area contributed by atoms with E-state index in [9.17, 15) is 9.50 Å². The average molecular weight is 330 g/mol. The summed E-state index contributed by atoms with van der Waals surface area (Å²) in [5, 5.41) is 13.5. The maximum Gasteiger partial charge on any atom is 0.123 e. The Kier molecular flexibility index (Phi) is 5.80. The Morgan fingerprint density at radius 3 is 2.71 bits per heavy atom. The summed E-state index contributed by atoms with van der Waals surface area (Å²) < 4.78 is 18.6. The van der Waals surface area contributed by atoms with E-state index in [0.29, 0.717) is 18.7 Å². The normalized spacial score (nSPS) is 16.2. The first-order valence-corrected chi connectivity index (χ1v) is 8.29. The summed E-state index contributed by atoms with van der Waals surface area (Å²) in [5.74, 6) is -0.329. The second-order valence-corrected chi connectivity index (χ2v) is 5.93. The third-order valence-electron chi connectivity index (χ3n) is 4.23. The molecule has 1 saturated heterocycles. The molecule has 1 atom stereocenters. The summed E-state index contributed by atoms with van der Waals surface area (Å²) >= 11 is 0. The van der Waals surface area contributed by atoms with Crippen LogP contribution in [0.3, 0.4) is 0 Å². The number of nitrogens with one attached hydrogen (secondary N) is 1. The van der Waals surface area contributed by atoms with Gasteiger partial charge in [0.1, 0.15) is 5.82 Å². The Bertz CT molecular complexity index is 659. The van der Waals surface area contributed by atoms with Crippen LogP contribution in [0.1, 0.15) is 17.2 Å². The van der Waals surface area contributed by atoms with E-state index in [2.05, 4.69) is 22.3 Å². The van der Waals surface area contributed by atoms with Crippen LogP contribution in [0.4, 0.5) is 10.1 Å². The first-order valence-electron chi connectivity index (χ1n) is 8.29. The van der Waals surface area contributed by atoms with Gasteiger partial charge >= 0.3 is 0 Å². The molecule has 1 aliphatic rings. The Labute approximate surface area is 141 Å². The molecule has 1 aliphatic heterocycles. The number of halogens is 1. The summed E-state index contributed by atoms with van der Waals surface area (Å²) in [6.45, 7) is 4.31. The molecule has 0 unspecified atom stereocenters. The van der Waals surface area contributed by atoms with Gasteiger partial charge in [-0.3, -0.25) is 0 Å². The lowest BCUT2D eigenvalue weighted by atomic mass is 10.1. The highest BCUT2D eigenvalue weighted by molar-refractivity contribution is 5.53. The molecule has 0 aromatic heterocycles. The Morgan fingerprint density at radius 2 is 1.92 bits per heavy atom. The van der Waals surface area contributed by atoms with Gasteiger partial charge in [-0.15, -0.1) is 0 Å². The van der Waals surface area contributed by atoms with Crippen LogP contribution in [0.2, 0.25) is 0 Å². The van der Waals surface area contributed by atoms with E-state index in [0.717, 1.165) is 26.3 Å². The first-order chi connectivity index (χ1) is 11.7. The number of anilines is 1. The van der Waals surface area contributed by atoms with Crippen molar-refractivity contribution < 1.29 is 14.2 Å². The van der Waals surface area contributed by atoms with Crippen LogP contribution in [0.25, 0.3) is 0 Å². The van der Waals surface area contributed by atoms with E-state index < -0.39 is 6.10 Å². The number of hydrogen-bond donors (Lipinski definition) is 2. The van der Waals surface area contributed by atoms with Gasteiger partial charge in [0, 0.05) is 31.9 Å². The van der Waals surface area contributed by atoms with Crippen molar-refractivity contribution in [2.75, 3.05) is 37.7 Å². The van der Waals surface area contributed by atoms with Crippen LogP contribution in [0.5, 0.6) is 0 Å². The van der Waals surface area contributed by atoms with Crippen molar-refractivity contribution >= 4 is 5.69 Å². The number of hydrogen-bond acceptors (Lipinski definition) is 4. The number of para-hydroxylation sites is 1. The van der Waals surface area contributed by atoms with E-state index in [4.69, 9.17) is 4.74 Å². The maximum atomic E-state index is 13.2. The van der Waals surface area contributed by atoms with Crippen LogP contribution in [0.15, 0.2) is 48.5 Å². The molecule has 2 N–H and O–H groups in total. The lowest BCUT2D eigenvalue weighted by molar-refractivity contribution is 0.122. The quantitative estimate of drug-likeness (QED) is 0.854. The highest BCUT2D eigenvalue weighted by Crippen LogP contribution is 2.21. The van der Waals surface area contributed by atoms with Crippen molar-refractivity contribution in [2.24, 2.45) is 0 Å². The standard InChI is InChI=1S/C19H23FN2O2/c20-17-6-3-5-15(12-17)19(23)14-21-13-16-4-1-2-7-18(16)22-8-10-24-11-9-22/h1-7,12,19,21,23H,8-11,13-14H2/t19-/m0/s1. The topological polar surface area (TPSA) is 44.7 Å². The number of benzene rings is 2. The Morgan fingerprint density at radius 1 is 1.12 bits per heavy atom. The number of aliphatic hydroxyl groups excluding tert-OH is 1. The van der Waals surface area contributed by atoms with Crippen LogP contribution in [0, 0.1) is 5.82 Å². The average Bonchev–Trinajstić information content (AvgIpc) is 2.63. The molecule has 0 bridgehead atoms. The summed E-state index contributed by atoms with van der Waals surface area (Å²) in [4.78, 5) is 2.32. The third kappa shape index (κ3) is 4.32. The fourth-order valence-electron chi connectivity index (χ4n) is 2.95. The maximum absolute atomic E-state index is 13.2. The second kappa shape index (κ2) is 8.24. The van der Waals surface area contributed by atoms with E-state index in [1.807, 2.05) is 12.1 Å². The molecule has 24 heavy (non-hydrogen) atoms. The molecule has 2 aromatic carbocycles. The minimum atomic E-state index is -0.726. The van der Waals surface area contributed by atoms with Gasteiger partial charge in [0.2, 0.25) is 0 Å². The van der Waals surface area contributed by atoms with Crippen LogP contribution >= 0.6 is 0 Å². The first kappa shape index (κ1) is 16.9. The molecule has 1 heterocycles. The molecule has 0 amide bonds. The largest absolute Gasteiger partial charge is 0.387 e. The summed E-state index contributed by atoms with van der Waals surface area (Å²) in [7, 11) is 0. The molecule has 0 spiro atoms. The molecule has 128 valence electrons. The smallest absolute Gasteiger partial charge is 0.123 e. The highest BCUT2D eigenvalue weighted by Gasteiger charge is 2.14. The number of nitrogens with zero attached hydrogens (tertiary/aromatic N) is 1. The molecule has 1 fully saturated rings. The van der Waals surface area contributed by atoms with Gasteiger partial charge in [-0.25, -0.2) is 4.39 Å². The summed E-state index contributed by atoms with van der Waals surface area (Å²) in [6.07, 6.45) is -0.726. The summed E-state index contributed by atoms with van der Waals surface area (Å²) in [6, 6.07) is 14.4. The van der Waals surface area contributed by atoms with Crippen LogP contribution < -0.4 is 10.2 Å². The minimum absolute atomic E-state index is 0.329. The van der Waals surface area contributed by atoms with Crippen LogP contribution in [-0.4, -0.2) is 38.0 Å². The molecule has 3 rings (SSSR count). The molecule has 4 nitrogen and oxygen atoms in total. The lowest BCUT2D eigenvalue weighted by Gasteiger charge is -2.30. The van der Waals surface area contributed by atoms with Gasteiger partial charge in [-0.2, -0.15) is 0 Å². The molecule has 2 aromatic rings. The van der Waals surface area contributed by atoms with Crippen molar-refractivity contribution in [3.05, 3.63) is 65.5 Å². The number of ether oxygens (including phenoxy) is 1. The van der Waals surface area contributed by atoms with E-state index in [1.165, 1.54) is 23.4 Å². The zero-order valence-corrected chi connectivity index (χ0v) is 13.6. The molecule has 5 heteroatoms. The van der Waals surface area contributed by atoms with Gasteiger partial charge in [-0.05, 0) is 29.3 Å². The summed E-state index contributed by atoms with van der Waals surface area (Å²) in [5.41, 5.74) is 2.98. The fraction of sp³-hybridized carbons (Fsp3) is 0.368. The van der Waals surface area contributed by atoms with Gasteiger partial charge in [0.05, 0.1) is 19.3 Å². The highest BCUT2D eigenvalue weighted by atomic mass is 19.1. The molecule has 0 saturated carbocycles. The van der Waals surface area contributed by atoms with Crippen LogP contribution in [-0.2, 0) is 11.3 Å². The van der Waals surface area contributed by atoms with E-state index in [1.54, 1.807) is 12.1 Å². The van der Waals surface area contributed by atoms with Crippen molar-refractivity contribution in [1.82, 2.24) is 5.32 Å². The number of aliphatic hydroxyl groups is 1. The minimum Gasteiger partial charge on any atom is -0.387 e. The van der Waals surface area contributed by atoms with Gasteiger partial charge in [-0.1, -0.05) is 30.3 Å². The number of morpholine rings is 1. The van der Waals surface area contributed by atoms with E-state index >= 15 is 0 Å². The fourth-order valence-corrected chi connectivity index (χ4v) is 2.95. The second-order valence-electron chi connectivity index (χ2n) is 5.93. The zero-order chi connectivity index (χ0) is 16.8. The Hall–Kier alpha value is -1.95. The molecular formula is C19H23FN2O2. The van der Waals surface area contributed by atoms with Crippen molar-refractivity contribution in [1.29, 1.82) is 0 Å². The Balaban J connectivity index is 1.58. The van der Waals surface area contributed by atoms with Gasteiger partial charge in [0.25, 0.3) is 0 Å². The molecule has 0 radical (unpaired) electrons. The van der Waals surface area contributed by atoms with Gasteiger partial charge < -0.3 is 20.1 Å².